The number of carbonyl (C=O) groups excluding carboxylic acids is 1. The van der Waals surface area contributed by atoms with Crippen LogP contribution < -0.4 is 0 Å². The molecule has 0 aromatic rings. The van der Waals surface area contributed by atoms with Gasteiger partial charge in [0.1, 0.15) is 12.2 Å². The van der Waals surface area contributed by atoms with Gasteiger partial charge < -0.3 is 14.6 Å². The van der Waals surface area contributed by atoms with Crippen molar-refractivity contribution in [2.75, 3.05) is 6.61 Å². The third kappa shape index (κ3) is 4.45. The van der Waals surface area contributed by atoms with Crippen LogP contribution in [0.15, 0.2) is 11.6 Å². The highest BCUT2D eigenvalue weighted by molar-refractivity contribution is 5.66. The quantitative estimate of drug-likeness (QED) is 0.242. The third-order valence-electron chi connectivity index (χ3n) is 17.8. The van der Waals surface area contributed by atoms with Crippen molar-refractivity contribution in [3.8, 4) is 0 Å². The monoisotopic (exact) mass is 634 g/mol. The predicted octanol–water partition coefficient (Wildman–Crippen LogP) is 9.68. The lowest BCUT2D eigenvalue weighted by Crippen LogP contribution is -2.59. The summed E-state index contributed by atoms with van der Waals surface area (Å²) in [5.41, 5.74) is 3.47. The van der Waals surface area contributed by atoms with E-state index in [1.165, 1.54) is 102 Å². The zero-order valence-electron chi connectivity index (χ0n) is 30.5. The second-order valence-electron chi connectivity index (χ2n) is 20.4. The van der Waals surface area contributed by atoms with Crippen molar-refractivity contribution in [2.45, 2.75) is 170 Å². The molecule has 4 nitrogen and oxygen atoms in total. The van der Waals surface area contributed by atoms with E-state index in [1.54, 1.807) is 6.92 Å². The maximum atomic E-state index is 12.0. The number of hydrogen-bond acceptors (Lipinski definition) is 4. The van der Waals surface area contributed by atoms with Gasteiger partial charge in [-0.2, -0.15) is 0 Å². The number of fused-ring (bicyclic) bond motifs is 6. The van der Waals surface area contributed by atoms with Crippen LogP contribution in [-0.4, -0.2) is 36.0 Å². The Kier molecular flexibility index (Phi) is 7.43. The van der Waals surface area contributed by atoms with Crippen molar-refractivity contribution in [2.24, 2.45) is 68.0 Å². The molecule has 7 saturated carbocycles. The fourth-order valence-electron chi connectivity index (χ4n) is 16.3. The van der Waals surface area contributed by atoms with Crippen LogP contribution in [0.2, 0.25) is 0 Å². The molecule has 0 aromatic heterocycles. The smallest absolute Gasteiger partial charge is 0.302 e. The van der Waals surface area contributed by atoms with Crippen LogP contribution in [-0.2, 0) is 14.3 Å². The van der Waals surface area contributed by atoms with Gasteiger partial charge in [-0.3, -0.25) is 4.79 Å². The molecule has 0 heterocycles. The molecule has 0 aliphatic heterocycles. The van der Waals surface area contributed by atoms with E-state index in [4.69, 9.17) is 9.47 Å². The summed E-state index contributed by atoms with van der Waals surface area (Å²) in [7, 11) is 0. The summed E-state index contributed by atoms with van der Waals surface area (Å²) in [4.78, 5) is 12.0. The Morgan fingerprint density at radius 3 is 2.30 bits per heavy atom. The lowest BCUT2D eigenvalue weighted by Gasteiger charge is -2.65. The molecule has 4 heteroatoms. The number of allylic oxidation sites excluding steroid dienone is 1. The Hall–Kier alpha value is -0.870. The van der Waals surface area contributed by atoms with Crippen LogP contribution in [0, 0.1) is 68.0 Å². The molecule has 8 aliphatic rings. The molecule has 8 aliphatic carbocycles. The van der Waals surface area contributed by atoms with Crippen molar-refractivity contribution in [1.29, 1.82) is 0 Å². The first-order valence-electron chi connectivity index (χ1n) is 19.8. The standard InChI is InChI=1S/C42H66O4/c1-26(44)45-36-15-18-40(7)33(38(36,4)5)14-20-42-22-28(10-12-35(40)42)30(24-42)46-31(25-43)29-23-41-19-13-32-37(2,3)16-8-17-39(32,6)34(41)11-9-27(29)21-41/h23,27-28,30-36,43H,8-22,24-25H2,1-7H3/t27?,28?,30?,31-,32+,33+,34?,35?,36+,39+,40+,41?,42?/m0/s1. The highest BCUT2D eigenvalue weighted by atomic mass is 16.5. The van der Waals surface area contributed by atoms with Crippen molar-refractivity contribution in [3.05, 3.63) is 11.6 Å². The van der Waals surface area contributed by atoms with Gasteiger partial charge in [-0.15, -0.1) is 0 Å². The average Bonchev–Trinajstić information content (AvgIpc) is 3.39. The number of aliphatic hydroxyl groups excluding tert-OH is 1. The fraction of sp³-hybridized carbons (Fsp3) is 0.929. The Labute approximate surface area is 280 Å². The first kappa shape index (κ1) is 32.3. The first-order chi connectivity index (χ1) is 21.7. The molecular formula is C42H66O4. The van der Waals surface area contributed by atoms with Crippen LogP contribution in [0.25, 0.3) is 0 Å². The molecule has 7 unspecified atom stereocenters. The Morgan fingerprint density at radius 1 is 0.804 bits per heavy atom. The van der Waals surface area contributed by atoms with Crippen molar-refractivity contribution in [1.82, 2.24) is 0 Å². The van der Waals surface area contributed by atoms with Crippen molar-refractivity contribution < 1.29 is 19.4 Å². The highest BCUT2D eigenvalue weighted by Gasteiger charge is 2.67. The third-order valence-corrected chi connectivity index (χ3v) is 17.8. The van der Waals surface area contributed by atoms with Gasteiger partial charge in [-0.05, 0) is 164 Å². The lowest BCUT2D eigenvalue weighted by molar-refractivity contribution is -0.197. The molecule has 258 valence electrons. The summed E-state index contributed by atoms with van der Waals surface area (Å²) in [6.45, 7) is 16.9. The van der Waals surface area contributed by atoms with Gasteiger partial charge in [0.2, 0.25) is 0 Å². The number of rotatable bonds is 5. The van der Waals surface area contributed by atoms with Crippen LogP contribution in [0.1, 0.15) is 151 Å². The average molecular weight is 635 g/mol. The summed E-state index contributed by atoms with van der Waals surface area (Å²) in [6, 6.07) is 0. The number of hydrogen-bond donors (Lipinski definition) is 1. The van der Waals surface area contributed by atoms with E-state index in [0.717, 1.165) is 24.2 Å². The minimum atomic E-state index is -0.125. The molecule has 0 aromatic carbocycles. The number of carbonyl (C=O) groups is 1. The molecule has 4 bridgehead atoms. The van der Waals surface area contributed by atoms with E-state index in [-0.39, 0.29) is 36.3 Å². The van der Waals surface area contributed by atoms with Gasteiger partial charge in [-0.25, -0.2) is 0 Å². The minimum Gasteiger partial charge on any atom is -0.462 e. The van der Waals surface area contributed by atoms with Crippen LogP contribution in [0.5, 0.6) is 0 Å². The normalized spacial score (nSPS) is 52.0. The van der Waals surface area contributed by atoms with Crippen molar-refractivity contribution >= 4 is 5.97 Å². The summed E-state index contributed by atoms with van der Waals surface area (Å²) in [6.07, 6.45) is 23.7. The van der Waals surface area contributed by atoms with Gasteiger partial charge in [0.25, 0.3) is 0 Å². The number of aliphatic hydroxyl groups is 1. The molecule has 0 amide bonds. The Balaban J connectivity index is 1.01. The fourth-order valence-corrected chi connectivity index (χ4v) is 16.3. The first-order valence-corrected chi connectivity index (χ1v) is 19.8. The van der Waals surface area contributed by atoms with E-state index in [9.17, 15) is 9.90 Å². The molecule has 13 atom stereocenters. The topological polar surface area (TPSA) is 55.8 Å². The summed E-state index contributed by atoms with van der Waals surface area (Å²) >= 11 is 0. The van der Waals surface area contributed by atoms with Crippen LogP contribution >= 0.6 is 0 Å². The Morgan fingerprint density at radius 2 is 1.54 bits per heavy atom. The lowest BCUT2D eigenvalue weighted by atomic mass is 9.41. The van der Waals surface area contributed by atoms with Gasteiger partial charge >= 0.3 is 5.97 Å². The summed E-state index contributed by atoms with van der Waals surface area (Å²) < 4.78 is 13.2. The number of ether oxygens (including phenoxy) is 2. The van der Waals surface area contributed by atoms with Gasteiger partial charge in [0.05, 0.1) is 12.7 Å². The van der Waals surface area contributed by atoms with Crippen molar-refractivity contribution in [3.63, 3.8) is 0 Å². The summed E-state index contributed by atoms with van der Waals surface area (Å²) in [5, 5.41) is 11.0. The molecule has 7 fully saturated rings. The van der Waals surface area contributed by atoms with E-state index in [2.05, 4.69) is 47.6 Å². The predicted molar refractivity (Wildman–Crippen MR) is 183 cm³/mol. The SMILES string of the molecule is CC(=O)O[C@@H]1CC[C@@]2(C)C3CCC4CC3(CC[C@@H]2C1(C)C)CC4O[C@@H](CO)C1=CC23CC[C@@H]4C(C)(C)CCC[C@@]4(C)C2CCC1C3. The molecule has 46 heavy (non-hydrogen) atoms. The number of esters is 1. The van der Waals surface area contributed by atoms with E-state index < -0.39 is 0 Å². The largest absolute Gasteiger partial charge is 0.462 e. The minimum absolute atomic E-state index is 0.0151. The second-order valence-corrected chi connectivity index (χ2v) is 20.4. The van der Waals surface area contributed by atoms with Gasteiger partial charge in [0, 0.05) is 12.3 Å². The molecule has 0 saturated heterocycles. The van der Waals surface area contributed by atoms with Crippen LogP contribution in [0.4, 0.5) is 0 Å². The van der Waals surface area contributed by atoms with Crippen LogP contribution in [0.3, 0.4) is 0 Å². The molecule has 0 radical (unpaired) electrons. The molecule has 2 spiro atoms. The van der Waals surface area contributed by atoms with Gasteiger partial charge in [0.15, 0.2) is 0 Å². The van der Waals surface area contributed by atoms with E-state index in [0.29, 0.717) is 44.8 Å². The summed E-state index contributed by atoms with van der Waals surface area (Å²) in [5.74, 6) is 4.11. The zero-order chi connectivity index (χ0) is 32.5. The van der Waals surface area contributed by atoms with E-state index >= 15 is 0 Å². The zero-order valence-corrected chi connectivity index (χ0v) is 30.5. The second kappa shape index (κ2) is 10.6. The maximum absolute atomic E-state index is 12.0. The van der Waals surface area contributed by atoms with E-state index in [1.807, 2.05) is 0 Å². The Bertz CT molecular complexity index is 1270. The highest BCUT2D eigenvalue weighted by Crippen LogP contribution is 2.73. The maximum Gasteiger partial charge on any atom is 0.302 e. The molecular weight excluding hydrogens is 568 g/mol. The van der Waals surface area contributed by atoms with Gasteiger partial charge in [-0.1, -0.05) is 54.0 Å². The molecule has 1 N–H and O–H groups in total. The molecule has 8 rings (SSSR count).